The maximum atomic E-state index is 12.7. The molecule has 0 aliphatic carbocycles. The Morgan fingerprint density at radius 1 is 0.680 bits per heavy atom. The molecule has 25 heavy (non-hydrogen) atoms. The molecule has 0 N–H and O–H groups in total. The lowest BCUT2D eigenvalue weighted by molar-refractivity contribution is -0.345. The molecule has 0 aromatic rings. The minimum absolute atomic E-state index is 0.0628. The van der Waals surface area contributed by atoms with Crippen LogP contribution in [0.25, 0.3) is 0 Å². The van der Waals surface area contributed by atoms with E-state index in [9.17, 15) is 4.79 Å². The van der Waals surface area contributed by atoms with Gasteiger partial charge in [-0.1, -0.05) is 58.6 Å². The summed E-state index contributed by atoms with van der Waals surface area (Å²) in [5, 5.41) is 2.13. The average Bonchev–Trinajstić information content (AvgIpc) is 2.62. The van der Waals surface area contributed by atoms with Crippen molar-refractivity contribution in [1.29, 1.82) is 0 Å². The number of ether oxygens (including phenoxy) is 1. The van der Waals surface area contributed by atoms with Gasteiger partial charge in [-0.25, -0.2) is 14.5 Å². The van der Waals surface area contributed by atoms with Crippen molar-refractivity contribution in [1.82, 2.24) is 10.3 Å². The van der Waals surface area contributed by atoms with E-state index in [1.54, 1.807) is 0 Å². The van der Waals surface area contributed by atoms with Crippen LogP contribution in [0.4, 0.5) is 4.79 Å². The quantitative estimate of drug-likeness (QED) is 0.214. The number of carbonyl (C=O) groups is 1. The van der Waals surface area contributed by atoms with Gasteiger partial charge in [0.2, 0.25) is 0 Å². The van der Waals surface area contributed by atoms with Crippen molar-refractivity contribution in [3.05, 3.63) is 0 Å². The molecule has 0 aromatic carbocycles. The number of hydroxylamine groups is 4. The van der Waals surface area contributed by atoms with E-state index >= 15 is 0 Å². The lowest BCUT2D eigenvalue weighted by Crippen LogP contribution is -2.44. The van der Waals surface area contributed by atoms with E-state index in [1.807, 2.05) is 0 Å². The van der Waals surface area contributed by atoms with Gasteiger partial charge in [0.1, 0.15) is 6.73 Å². The molecule has 0 aromatic heterocycles. The van der Waals surface area contributed by atoms with Crippen LogP contribution in [0.1, 0.15) is 79.1 Å². The first-order valence-corrected chi connectivity index (χ1v) is 9.79. The summed E-state index contributed by atoms with van der Waals surface area (Å²) < 4.78 is 5.53. The topological polar surface area (TPSA) is 60.5 Å². The fourth-order valence-electron chi connectivity index (χ4n) is 1.68. The van der Waals surface area contributed by atoms with Gasteiger partial charge in [-0.3, -0.25) is 4.84 Å². The van der Waals surface area contributed by atoms with Crippen LogP contribution in [0, 0.1) is 0 Å². The predicted molar refractivity (Wildman–Crippen MR) is 97.4 cm³/mol. The second-order valence-corrected chi connectivity index (χ2v) is 5.87. The van der Waals surface area contributed by atoms with Crippen LogP contribution in [-0.2, 0) is 19.2 Å². The maximum Gasteiger partial charge on any atom is 0.395 e. The van der Waals surface area contributed by atoms with Gasteiger partial charge >= 0.3 is 6.03 Å². The van der Waals surface area contributed by atoms with Gasteiger partial charge in [-0.05, 0) is 25.7 Å². The third kappa shape index (κ3) is 13.0. The predicted octanol–water partition coefficient (Wildman–Crippen LogP) is 4.68. The number of urea groups is 1. The molecule has 0 rings (SSSR count). The zero-order valence-electron chi connectivity index (χ0n) is 16.6. The third-order valence-electron chi connectivity index (χ3n) is 3.38. The van der Waals surface area contributed by atoms with E-state index in [1.165, 1.54) is 5.06 Å². The Hall–Kier alpha value is -0.890. The van der Waals surface area contributed by atoms with E-state index in [-0.39, 0.29) is 6.73 Å². The SMILES string of the molecule is CCCCOCN(OCCCC)C(=O)N(OCCCC)OCCCC. The summed E-state index contributed by atoms with van der Waals surface area (Å²) in [5.74, 6) is 0. The molecule has 0 spiro atoms. The number of unbranched alkanes of at least 4 members (excludes halogenated alkanes) is 4. The zero-order chi connectivity index (χ0) is 18.8. The van der Waals surface area contributed by atoms with Gasteiger partial charge in [0, 0.05) is 6.61 Å². The lowest BCUT2D eigenvalue weighted by atomic mass is 10.4. The maximum absolute atomic E-state index is 12.7. The summed E-state index contributed by atoms with van der Waals surface area (Å²) in [6.45, 7) is 10.2. The van der Waals surface area contributed by atoms with Gasteiger partial charge in [0.25, 0.3) is 0 Å². The zero-order valence-corrected chi connectivity index (χ0v) is 16.6. The van der Waals surface area contributed by atoms with Gasteiger partial charge in [0.05, 0.1) is 19.8 Å². The molecule has 7 heteroatoms. The molecular weight excluding hydrogens is 324 g/mol. The van der Waals surface area contributed by atoms with Crippen LogP contribution < -0.4 is 0 Å². The normalized spacial score (nSPS) is 10.9. The minimum Gasteiger partial charge on any atom is -0.359 e. The number of nitrogens with zero attached hydrogens (tertiary/aromatic N) is 2. The van der Waals surface area contributed by atoms with Crippen molar-refractivity contribution in [3.63, 3.8) is 0 Å². The van der Waals surface area contributed by atoms with E-state index in [2.05, 4.69) is 27.7 Å². The van der Waals surface area contributed by atoms with Crippen molar-refractivity contribution in [2.24, 2.45) is 0 Å². The molecule has 2 amide bonds. The van der Waals surface area contributed by atoms with Crippen molar-refractivity contribution < 1.29 is 24.0 Å². The summed E-state index contributed by atoms with van der Waals surface area (Å²) in [6.07, 6.45) is 7.50. The highest BCUT2D eigenvalue weighted by Gasteiger charge is 2.24. The minimum atomic E-state index is -0.486. The Kier molecular flexibility index (Phi) is 17.3. The molecule has 0 heterocycles. The molecule has 150 valence electrons. The first kappa shape index (κ1) is 24.1. The molecule has 0 bridgehead atoms. The summed E-state index contributed by atoms with van der Waals surface area (Å²) in [4.78, 5) is 29.2. The molecule has 0 fully saturated rings. The van der Waals surface area contributed by atoms with Crippen molar-refractivity contribution in [2.45, 2.75) is 79.1 Å². The summed E-state index contributed by atoms with van der Waals surface area (Å²) >= 11 is 0. The Labute approximate surface area is 153 Å². The van der Waals surface area contributed by atoms with Crippen LogP contribution in [0.2, 0.25) is 0 Å². The summed E-state index contributed by atoms with van der Waals surface area (Å²) in [7, 11) is 0. The largest absolute Gasteiger partial charge is 0.395 e. The highest BCUT2D eigenvalue weighted by Crippen LogP contribution is 2.07. The Bertz CT molecular complexity index is 295. The van der Waals surface area contributed by atoms with E-state index in [0.29, 0.717) is 26.4 Å². The first-order valence-electron chi connectivity index (χ1n) is 9.79. The summed E-state index contributed by atoms with van der Waals surface area (Å²) in [6, 6.07) is -0.486. The van der Waals surface area contributed by atoms with Gasteiger partial charge in [0.15, 0.2) is 0 Å². The molecule has 0 radical (unpaired) electrons. The molecule has 0 unspecified atom stereocenters. The Morgan fingerprint density at radius 3 is 1.60 bits per heavy atom. The Balaban J connectivity index is 4.65. The van der Waals surface area contributed by atoms with Gasteiger partial charge < -0.3 is 4.74 Å². The smallest absolute Gasteiger partial charge is 0.359 e. The molecule has 0 saturated carbocycles. The van der Waals surface area contributed by atoms with Crippen molar-refractivity contribution in [2.75, 3.05) is 33.2 Å². The molecule has 7 nitrogen and oxygen atoms in total. The van der Waals surface area contributed by atoms with Crippen molar-refractivity contribution >= 4 is 6.03 Å². The first-order chi connectivity index (χ1) is 12.2. The van der Waals surface area contributed by atoms with Gasteiger partial charge in [-0.2, -0.15) is 5.06 Å². The highest BCUT2D eigenvalue weighted by atomic mass is 17.0. The van der Waals surface area contributed by atoms with Crippen LogP contribution in [0.15, 0.2) is 0 Å². The van der Waals surface area contributed by atoms with Crippen molar-refractivity contribution in [3.8, 4) is 0 Å². The van der Waals surface area contributed by atoms with Crippen LogP contribution in [-0.4, -0.2) is 49.5 Å². The lowest BCUT2D eigenvalue weighted by Gasteiger charge is -2.27. The van der Waals surface area contributed by atoms with E-state index in [0.717, 1.165) is 56.6 Å². The fraction of sp³-hybridized carbons (Fsp3) is 0.944. The second kappa shape index (κ2) is 17.9. The van der Waals surface area contributed by atoms with Crippen LogP contribution >= 0.6 is 0 Å². The number of rotatable bonds is 17. The Morgan fingerprint density at radius 2 is 1.12 bits per heavy atom. The number of amides is 2. The van der Waals surface area contributed by atoms with Crippen LogP contribution in [0.3, 0.4) is 0 Å². The standard InChI is InChI=1S/C18H38N2O5/c1-5-9-13-22-17-19(23-14-10-6-2)18(21)20(24-15-11-7-3)25-16-12-8-4/h5-17H2,1-4H3. The number of hydrogen-bond donors (Lipinski definition) is 0. The fourth-order valence-corrected chi connectivity index (χ4v) is 1.68. The molecule has 0 aliphatic rings. The van der Waals surface area contributed by atoms with E-state index in [4.69, 9.17) is 19.2 Å². The molecule has 0 saturated heterocycles. The molecule has 0 atom stereocenters. The highest BCUT2D eigenvalue weighted by molar-refractivity contribution is 5.70. The monoisotopic (exact) mass is 362 g/mol. The number of hydrogen-bond acceptors (Lipinski definition) is 5. The van der Waals surface area contributed by atoms with E-state index < -0.39 is 6.03 Å². The van der Waals surface area contributed by atoms with Gasteiger partial charge in [-0.15, -0.1) is 0 Å². The number of carbonyl (C=O) groups excluding carboxylic acids is 1. The van der Waals surface area contributed by atoms with Crippen LogP contribution in [0.5, 0.6) is 0 Å². The molecular formula is C18H38N2O5. The summed E-state index contributed by atoms with van der Waals surface area (Å²) in [5.41, 5.74) is 0. The second-order valence-electron chi connectivity index (χ2n) is 5.87. The molecule has 0 aliphatic heterocycles. The average molecular weight is 363 g/mol. The third-order valence-corrected chi connectivity index (χ3v) is 3.38.